The molecule has 3 unspecified atom stereocenters. The summed E-state index contributed by atoms with van der Waals surface area (Å²) >= 11 is 0. The Morgan fingerprint density at radius 3 is 2.87 bits per heavy atom. The molecule has 0 radical (unpaired) electrons. The molecule has 1 saturated carbocycles. The number of nitrogens with two attached hydrogens (primary N) is 1. The first-order chi connectivity index (χ1) is 7.22. The van der Waals surface area contributed by atoms with Crippen LogP contribution in [0.15, 0.2) is 12.4 Å². The molecule has 3 heteroatoms. The SMILES string of the molecule is CC1CCC(n2ccnc2CN)CC1C. The van der Waals surface area contributed by atoms with E-state index in [0.29, 0.717) is 12.6 Å². The molecule has 1 fully saturated rings. The van der Waals surface area contributed by atoms with Crippen molar-refractivity contribution in [3.8, 4) is 0 Å². The molecule has 1 aromatic heterocycles. The molecule has 0 saturated heterocycles. The maximum atomic E-state index is 5.68. The Morgan fingerprint density at radius 2 is 2.20 bits per heavy atom. The van der Waals surface area contributed by atoms with E-state index in [1.165, 1.54) is 19.3 Å². The van der Waals surface area contributed by atoms with Crippen LogP contribution in [-0.2, 0) is 6.54 Å². The molecule has 2 rings (SSSR count). The minimum Gasteiger partial charge on any atom is -0.331 e. The van der Waals surface area contributed by atoms with Crippen LogP contribution in [0.2, 0.25) is 0 Å². The van der Waals surface area contributed by atoms with Crippen molar-refractivity contribution in [2.75, 3.05) is 0 Å². The molecule has 1 aliphatic carbocycles. The van der Waals surface area contributed by atoms with Gasteiger partial charge in [-0.25, -0.2) is 4.98 Å². The summed E-state index contributed by atoms with van der Waals surface area (Å²) < 4.78 is 2.28. The highest BCUT2D eigenvalue weighted by atomic mass is 15.1. The van der Waals surface area contributed by atoms with Gasteiger partial charge in [0.1, 0.15) is 5.82 Å². The molecule has 0 aliphatic heterocycles. The van der Waals surface area contributed by atoms with Gasteiger partial charge in [-0.3, -0.25) is 0 Å². The molecule has 1 heterocycles. The van der Waals surface area contributed by atoms with Crippen molar-refractivity contribution in [1.29, 1.82) is 0 Å². The van der Waals surface area contributed by atoms with Gasteiger partial charge in [0.25, 0.3) is 0 Å². The summed E-state index contributed by atoms with van der Waals surface area (Å²) in [6, 6.07) is 0.622. The second-order valence-corrected chi connectivity index (χ2v) is 4.88. The average molecular weight is 207 g/mol. The fraction of sp³-hybridized carbons (Fsp3) is 0.750. The van der Waals surface area contributed by atoms with E-state index in [1.54, 1.807) is 0 Å². The van der Waals surface area contributed by atoms with Crippen LogP contribution >= 0.6 is 0 Å². The van der Waals surface area contributed by atoms with E-state index in [4.69, 9.17) is 5.73 Å². The van der Waals surface area contributed by atoms with E-state index in [0.717, 1.165) is 17.7 Å². The van der Waals surface area contributed by atoms with Crippen LogP contribution in [0.25, 0.3) is 0 Å². The van der Waals surface area contributed by atoms with E-state index in [1.807, 2.05) is 6.20 Å². The first-order valence-corrected chi connectivity index (χ1v) is 5.94. The number of hydrogen-bond donors (Lipinski definition) is 1. The van der Waals surface area contributed by atoms with E-state index in [9.17, 15) is 0 Å². The quantitative estimate of drug-likeness (QED) is 0.809. The fourth-order valence-corrected chi connectivity index (χ4v) is 2.61. The number of aromatic nitrogens is 2. The van der Waals surface area contributed by atoms with Crippen LogP contribution in [0.5, 0.6) is 0 Å². The Kier molecular flexibility index (Phi) is 3.10. The summed E-state index contributed by atoms with van der Waals surface area (Å²) in [5, 5.41) is 0. The Balaban J connectivity index is 2.11. The van der Waals surface area contributed by atoms with Crippen molar-refractivity contribution in [2.45, 2.75) is 45.7 Å². The van der Waals surface area contributed by atoms with Gasteiger partial charge in [0, 0.05) is 18.4 Å². The summed E-state index contributed by atoms with van der Waals surface area (Å²) in [5.41, 5.74) is 5.68. The molecule has 1 aromatic rings. The van der Waals surface area contributed by atoms with E-state index in [2.05, 4.69) is 29.6 Å². The lowest BCUT2D eigenvalue weighted by atomic mass is 9.79. The number of rotatable bonds is 2. The topological polar surface area (TPSA) is 43.8 Å². The van der Waals surface area contributed by atoms with Crippen LogP contribution in [0.4, 0.5) is 0 Å². The van der Waals surface area contributed by atoms with Gasteiger partial charge in [-0.15, -0.1) is 0 Å². The van der Waals surface area contributed by atoms with Crippen LogP contribution in [0.3, 0.4) is 0 Å². The minimum absolute atomic E-state index is 0.549. The van der Waals surface area contributed by atoms with Gasteiger partial charge in [0.15, 0.2) is 0 Å². The smallest absolute Gasteiger partial charge is 0.122 e. The summed E-state index contributed by atoms with van der Waals surface area (Å²) in [6.45, 7) is 5.27. The summed E-state index contributed by atoms with van der Waals surface area (Å²) in [5.74, 6) is 2.71. The van der Waals surface area contributed by atoms with Gasteiger partial charge in [-0.2, -0.15) is 0 Å². The summed E-state index contributed by atoms with van der Waals surface area (Å²) in [6.07, 6.45) is 7.81. The number of hydrogen-bond acceptors (Lipinski definition) is 2. The molecular weight excluding hydrogens is 186 g/mol. The normalized spacial score (nSPS) is 31.8. The summed E-state index contributed by atoms with van der Waals surface area (Å²) in [4.78, 5) is 4.29. The molecule has 1 aliphatic rings. The Hall–Kier alpha value is -0.830. The minimum atomic E-state index is 0.549. The van der Waals surface area contributed by atoms with E-state index < -0.39 is 0 Å². The van der Waals surface area contributed by atoms with Crippen LogP contribution in [-0.4, -0.2) is 9.55 Å². The Labute approximate surface area is 91.7 Å². The van der Waals surface area contributed by atoms with Crippen molar-refractivity contribution in [3.05, 3.63) is 18.2 Å². The molecule has 3 atom stereocenters. The third-order valence-electron chi connectivity index (χ3n) is 3.90. The van der Waals surface area contributed by atoms with Gasteiger partial charge in [0.05, 0.1) is 6.54 Å². The molecular formula is C12H21N3. The highest BCUT2D eigenvalue weighted by molar-refractivity contribution is 4.96. The van der Waals surface area contributed by atoms with Gasteiger partial charge in [0.2, 0.25) is 0 Å². The third kappa shape index (κ3) is 2.07. The number of imidazole rings is 1. The monoisotopic (exact) mass is 207 g/mol. The zero-order valence-corrected chi connectivity index (χ0v) is 9.69. The molecule has 0 amide bonds. The molecule has 15 heavy (non-hydrogen) atoms. The van der Waals surface area contributed by atoms with Crippen LogP contribution in [0, 0.1) is 11.8 Å². The van der Waals surface area contributed by atoms with Crippen molar-refractivity contribution in [2.24, 2.45) is 17.6 Å². The number of nitrogens with zero attached hydrogens (tertiary/aromatic N) is 2. The zero-order valence-electron chi connectivity index (χ0n) is 9.69. The molecule has 3 nitrogen and oxygen atoms in total. The Bertz CT molecular complexity index is 318. The first kappa shape index (κ1) is 10.7. The highest BCUT2D eigenvalue weighted by Gasteiger charge is 2.26. The third-order valence-corrected chi connectivity index (χ3v) is 3.90. The first-order valence-electron chi connectivity index (χ1n) is 5.94. The second kappa shape index (κ2) is 4.35. The summed E-state index contributed by atoms with van der Waals surface area (Å²) in [7, 11) is 0. The van der Waals surface area contributed by atoms with Crippen LogP contribution < -0.4 is 5.73 Å². The largest absolute Gasteiger partial charge is 0.331 e. The van der Waals surface area contributed by atoms with E-state index in [-0.39, 0.29) is 0 Å². The van der Waals surface area contributed by atoms with Gasteiger partial charge in [-0.05, 0) is 31.1 Å². The van der Waals surface area contributed by atoms with Crippen molar-refractivity contribution < 1.29 is 0 Å². The predicted molar refractivity (Wildman–Crippen MR) is 61.3 cm³/mol. The molecule has 84 valence electrons. The maximum absolute atomic E-state index is 5.68. The van der Waals surface area contributed by atoms with Crippen molar-refractivity contribution in [3.63, 3.8) is 0 Å². The lowest BCUT2D eigenvalue weighted by molar-refractivity contribution is 0.208. The second-order valence-electron chi connectivity index (χ2n) is 4.88. The van der Waals surface area contributed by atoms with Crippen LogP contribution in [0.1, 0.15) is 45.0 Å². The lowest BCUT2D eigenvalue weighted by Gasteiger charge is -2.33. The Morgan fingerprint density at radius 1 is 1.40 bits per heavy atom. The van der Waals surface area contributed by atoms with Gasteiger partial charge < -0.3 is 10.3 Å². The highest BCUT2D eigenvalue weighted by Crippen LogP contribution is 2.36. The molecule has 0 bridgehead atoms. The molecule has 2 N–H and O–H groups in total. The maximum Gasteiger partial charge on any atom is 0.122 e. The zero-order chi connectivity index (χ0) is 10.8. The average Bonchev–Trinajstić information content (AvgIpc) is 2.70. The molecule has 0 spiro atoms. The molecule has 0 aromatic carbocycles. The van der Waals surface area contributed by atoms with Crippen molar-refractivity contribution >= 4 is 0 Å². The van der Waals surface area contributed by atoms with Gasteiger partial charge >= 0.3 is 0 Å². The lowest BCUT2D eigenvalue weighted by Crippen LogP contribution is -2.24. The predicted octanol–water partition coefficient (Wildman–Crippen LogP) is 2.34. The van der Waals surface area contributed by atoms with E-state index >= 15 is 0 Å². The fourth-order valence-electron chi connectivity index (χ4n) is 2.61. The van der Waals surface area contributed by atoms with Gasteiger partial charge in [-0.1, -0.05) is 13.8 Å². The standard InChI is InChI=1S/C12H21N3/c1-9-3-4-11(7-10(9)2)15-6-5-14-12(15)8-13/h5-6,9-11H,3-4,7-8,13H2,1-2H3. The van der Waals surface area contributed by atoms with Crippen molar-refractivity contribution in [1.82, 2.24) is 9.55 Å².